The number of aliphatic carboxylic acids is 1. The Bertz CT molecular complexity index is 721. The molecule has 1 fully saturated rings. The van der Waals surface area contributed by atoms with Crippen molar-refractivity contribution in [2.24, 2.45) is 0 Å². The van der Waals surface area contributed by atoms with E-state index in [-0.39, 0.29) is 22.3 Å². The van der Waals surface area contributed by atoms with Crippen LogP contribution in [0.2, 0.25) is 5.28 Å². The molecule has 3 rings (SSSR count). The van der Waals surface area contributed by atoms with Crippen LogP contribution in [0.5, 0.6) is 0 Å². The Kier molecular flexibility index (Phi) is 3.17. The summed E-state index contributed by atoms with van der Waals surface area (Å²) in [6, 6.07) is 0. The zero-order valence-electron chi connectivity index (χ0n) is 10.3. The van der Waals surface area contributed by atoms with Crippen LogP contribution in [0.25, 0.3) is 11.2 Å². The van der Waals surface area contributed by atoms with Gasteiger partial charge in [0.1, 0.15) is 17.7 Å². The van der Waals surface area contributed by atoms with E-state index in [0.717, 1.165) is 0 Å². The summed E-state index contributed by atoms with van der Waals surface area (Å²) in [5.41, 5.74) is 6.04. The summed E-state index contributed by atoms with van der Waals surface area (Å²) < 4.78 is 6.40. The summed E-state index contributed by atoms with van der Waals surface area (Å²) >= 11 is 5.71. The second kappa shape index (κ2) is 4.77. The third-order valence-corrected chi connectivity index (χ3v) is 3.35. The number of aliphatic hydroxyl groups excluding tert-OH is 2. The number of hydrogen-bond donors (Lipinski definition) is 4. The highest BCUT2D eigenvalue weighted by atomic mass is 35.5. The number of aromatic nitrogens is 4. The largest absolute Gasteiger partial charge is 0.479 e. The second-order valence-corrected chi connectivity index (χ2v) is 4.81. The summed E-state index contributed by atoms with van der Waals surface area (Å²) in [6.07, 6.45) is -4.55. The molecule has 5 N–H and O–H groups in total. The van der Waals surface area contributed by atoms with E-state index in [4.69, 9.17) is 27.2 Å². The van der Waals surface area contributed by atoms with Crippen LogP contribution in [-0.2, 0) is 9.53 Å². The lowest BCUT2D eigenvalue weighted by Gasteiger charge is -2.16. The number of carboxylic acid groups (broad SMARTS) is 1. The third-order valence-electron chi connectivity index (χ3n) is 3.18. The Labute approximate surface area is 121 Å². The first-order chi connectivity index (χ1) is 9.90. The molecule has 0 bridgehead atoms. The lowest BCUT2D eigenvalue weighted by atomic mass is 10.1. The van der Waals surface area contributed by atoms with Gasteiger partial charge in [-0.2, -0.15) is 9.97 Å². The number of aliphatic hydroxyl groups is 2. The molecule has 2 aromatic rings. The second-order valence-electron chi connectivity index (χ2n) is 4.47. The molecule has 0 amide bonds. The monoisotopic (exact) mass is 315 g/mol. The highest BCUT2D eigenvalue weighted by molar-refractivity contribution is 6.28. The molecule has 1 saturated heterocycles. The molecule has 0 radical (unpaired) electrons. The van der Waals surface area contributed by atoms with Crippen molar-refractivity contribution in [3.05, 3.63) is 11.6 Å². The molecule has 21 heavy (non-hydrogen) atoms. The van der Waals surface area contributed by atoms with Gasteiger partial charge >= 0.3 is 5.97 Å². The summed E-state index contributed by atoms with van der Waals surface area (Å²) in [4.78, 5) is 22.6. The van der Waals surface area contributed by atoms with Crippen molar-refractivity contribution in [3.8, 4) is 0 Å². The Morgan fingerprint density at radius 1 is 1.38 bits per heavy atom. The summed E-state index contributed by atoms with van der Waals surface area (Å²) in [5, 5.41) is 28.5. The van der Waals surface area contributed by atoms with E-state index < -0.39 is 30.5 Å². The maximum Gasteiger partial charge on any atom is 0.335 e. The van der Waals surface area contributed by atoms with Crippen molar-refractivity contribution in [3.63, 3.8) is 0 Å². The minimum atomic E-state index is -1.58. The van der Waals surface area contributed by atoms with Crippen molar-refractivity contribution in [2.75, 3.05) is 5.73 Å². The molecule has 11 heteroatoms. The molecular weight excluding hydrogens is 306 g/mol. The number of imidazole rings is 1. The van der Waals surface area contributed by atoms with E-state index in [1.54, 1.807) is 0 Å². The van der Waals surface area contributed by atoms with E-state index in [1.807, 2.05) is 0 Å². The number of rotatable bonds is 2. The number of fused-ring (bicyclic) bond motifs is 1. The Morgan fingerprint density at radius 3 is 2.71 bits per heavy atom. The normalized spacial score (nSPS) is 29.1. The summed E-state index contributed by atoms with van der Waals surface area (Å²) in [6.45, 7) is 0. The average Bonchev–Trinajstić information content (AvgIpc) is 2.93. The van der Waals surface area contributed by atoms with Crippen LogP contribution in [-0.4, -0.2) is 59.1 Å². The SMILES string of the molecule is Nc1nc(Cl)nc2c1ncn2[C@@H]1O[C@H](C(=O)O)[C@@H](O)[C@H]1O. The fraction of sp³-hybridized carbons (Fsp3) is 0.400. The molecule has 0 aromatic carbocycles. The van der Waals surface area contributed by atoms with Crippen LogP contribution in [0, 0.1) is 0 Å². The molecule has 10 nitrogen and oxygen atoms in total. The predicted molar refractivity (Wildman–Crippen MR) is 68.3 cm³/mol. The number of halogens is 1. The van der Waals surface area contributed by atoms with E-state index in [1.165, 1.54) is 10.9 Å². The van der Waals surface area contributed by atoms with Crippen LogP contribution in [0.1, 0.15) is 6.23 Å². The number of hydrogen-bond acceptors (Lipinski definition) is 8. The van der Waals surface area contributed by atoms with Gasteiger partial charge in [0, 0.05) is 0 Å². The van der Waals surface area contributed by atoms with E-state index >= 15 is 0 Å². The van der Waals surface area contributed by atoms with Crippen molar-refractivity contribution in [2.45, 2.75) is 24.5 Å². The lowest BCUT2D eigenvalue weighted by molar-refractivity contribution is -0.155. The van der Waals surface area contributed by atoms with Crippen LogP contribution in [0.3, 0.4) is 0 Å². The van der Waals surface area contributed by atoms with Gasteiger partial charge in [-0.05, 0) is 11.6 Å². The van der Waals surface area contributed by atoms with E-state index in [0.29, 0.717) is 0 Å². The van der Waals surface area contributed by atoms with Crippen molar-refractivity contribution in [1.82, 2.24) is 19.5 Å². The number of anilines is 1. The number of nitrogens with two attached hydrogens (primary N) is 1. The predicted octanol–water partition coefficient (Wildman–Crippen LogP) is -1.23. The van der Waals surface area contributed by atoms with Gasteiger partial charge in [-0.25, -0.2) is 9.78 Å². The molecule has 1 aliphatic heterocycles. The quantitative estimate of drug-likeness (QED) is 0.498. The maximum absolute atomic E-state index is 11.0. The molecular formula is C10H10ClN5O5. The molecule has 2 aromatic heterocycles. The van der Waals surface area contributed by atoms with Gasteiger partial charge in [-0.1, -0.05) is 0 Å². The van der Waals surface area contributed by atoms with Gasteiger partial charge in [0.15, 0.2) is 23.8 Å². The maximum atomic E-state index is 11.0. The van der Waals surface area contributed by atoms with Gasteiger partial charge in [-0.15, -0.1) is 0 Å². The zero-order valence-corrected chi connectivity index (χ0v) is 11.0. The molecule has 0 saturated carbocycles. The molecule has 3 heterocycles. The highest BCUT2D eigenvalue weighted by Crippen LogP contribution is 2.32. The van der Waals surface area contributed by atoms with Gasteiger partial charge in [0.2, 0.25) is 5.28 Å². The van der Waals surface area contributed by atoms with Gasteiger partial charge in [-0.3, -0.25) is 4.57 Å². The van der Waals surface area contributed by atoms with Gasteiger partial charge in [0.25, 0.3) is 0 Å². The van der Waals surface area contributed by atoms with Crippen LogP contribution in [0.15, 0.2) is 6.33 Å². The smallest absolute Gasteiger partial charge is 0.335 e. The van der Waals surface area contributed by atoms with Crippen molar-refractivity contribution < 1.29 is 24.9 Å². The summed E-state index contributed by atoms with van der Waals surface area (Å²) in [5.74, 6) is -1.35. The Morgan fingerprint density at radius 2 is 2.10 bits per heavy atom. The van der Waals surface area contributed by atoms with Crippen molar-refractivity contribution in [1.29, 1.82) is 0 Å². The standard InChI is InChI=1S/C10H10ClN5O5/c11-10-14-6(12)2-7(15-10)16(1-13-2)8-4(18)3(17)5(21-8)9(19)20/h1,3-5,8,17-18H,(H,19,20)(H2,12,14,15)/t3-,4+,5-,8+/m0/s1. The molecule has 112 valence electrons. The van der Waals surface area contributed by atoms with Crippen LogP contribution in [0.4, 0.5) is 5.82 Å². The van der Waals surface area contributed by atoms with E-state index in [9.17, 15) is 15.0 Å². The molecule has 0 spiro atoms. The Hall–Kier alpha value is -2.01. The lowest BCUT2D eigenvalue weighted by Crippen LogP contribution is -2.35. The highest BCUT2D eigenvalue weighted by Gasteiger charge is 2.48. The summed E-state index contributed by atoms with van der Waals surface area (Å²) in [7, 11) is 0. The number of nitrogens with zero attached hydrogens (tertiary/aromatic N) is 4. The minimum absolute atomic E-state index is 0.0339. The van der Waals surface area contributed by atoms with Gasteiger partial charge in [0.05, 0.1) is 6.33 Å². The van der Waals surface area contributed by atoms with Crippen LogP contribution >= 0.6 is 11.6 Å². The topological polar surface area (TPSA) is 157 Å². The number of nitrogen functional groups attached to an aromatic ring is 1. The van der Waals surface area contributed by atoms with Gasteiger partial charge < -0.3 is 25.8 Å². The third kappa shape index (κ3) is 2.08. The first-order valence-electron chi connectivity index (χ1n) is 5.80. The molecule has 0 aliphatic carbocycles. The molecule has 4 atom stereocenters. The minimum Gasteiger partial charge on any atom is -0.479 e. The Balaban J connectivity index is 2.07. The van der Waals surface area contributed by atoms with Crippen LogP contribution < -0.4 is 5.73 Å². The fourth-order valence-electron chi connectivity index (χ4n) is 2.19. The molecule has 1 aliphatic rings. The van der Waals surface area contributed by atoms with E-state index in [2.05, 4.69) is 15.0 Å². The number of carboxylic acids is 1. The zero-order chi connectivity index (χ0) is 15.3. The average molecular weight is 316 g/mol. The van der Waals surface area contributed by atoms with Crippen molar-refractivity contribution >= 4 is 34.6 Å². The fourth-order valence-corrected chi connectivity index (χ4v) is 2.36. The molecule has 0 unspecified atom stereocenters. The first-order valence-corrected chi connectivity index (χ1v) is 6.18. The first kappa shape index (κ1) is 13.9. The number of ether oxygens (including phenoxy) is 1. The number of carbonyl (C=O) groups is 1.